The molecule has 0 unspecified atom stereocenters. The Morgan fingerprint density at radius 1 is 1.23 bits per heavy atom. The Hall–Kier alpha value is -0.0666. The molecule has 0 aliphatic rings. The molecule has 0 rings (SSSR count). The summed E-state index contributed by atoms with van der Waals surface area (Å²) in [5, 5.41) is 2.79. The average molecular weight is 242 g/mol. The zero-order chi connectivity index (χ0) is 9.23. The molecule has 0 aliphatic carbocycles. The van der Waals surface area contributed by atoms with Gasteiger partial charge in [-0.1, -0.05) is 0 Å². The molecule has 0 atom stereocenters. The smallest absolute Gasteiger partial charge is 0.338 e. The number of hydrogen-bond acceptors (Lipinski definition) is 6. The molecule has 0 aliphatic heterocycles. The molecule has 7 heteroatoms. The van der Waals surface area contributed by atoms with Crippen LogP contribution in [0, 0.1) is 0 Å². The first kappa shape index (κ1) is 15.4. The minimum absolute atomic E-state index is 0. The fraction of sp³-hybridized carbons (Fsp3) is 0.833. The number of carbonyl (C=O) groups excluding carboxylic acids is 1. The molecule has 0 fully saturated rings. The summed E-state index contributed by atoms with van der Waals surface area (Å²) >= 11 is 0. The SMILES string of the molecule is NCCNCC(=O)ONCCN.[Zn]. The van der Waals surface area contributed by atoms with E-state index in [-0.39, 0.29) is 32.0 Å². The van der Waals surface area contributed by atoms with Crippen molar-refractivity contribution in [3.63, 3.8) is 0 Å². The Balaban J connectivity index is 0. The maximum absolute atomic E-state index is 10.8. The second-order valence-corrected chi connectivity index (χ2v) is 2.12. The maximum atomic E-state index is 10.8. The van der Waals surface area contributed by atoms with Crippen LogP contribution < -0.4 is 22.3 Å². The number of hydroxylamine groups is 1. The Bertz CT molecular complexity index is 113. The van der Waals surface area contributed by atoms with Crippen molar-refractivity contribution in [2.75, 3.05) is 32.7 Å². The number of rotatable bonds is 7. The standard InChI is InChI=1S/C6H16N4O2.Zn/c7-1-3-9-5-6(11)12-10-4-2-8;/h9-10H,1-5,7-8H2;. The first-order valence-electron chi connectivity index (χ1n) is 3.84. The topological polar surface area (TPSA) is 102 Å². The van der Waals surface area contributed by atoms with Gasteiger partial charge in [0.1, 0.15) is 0 Å². The third-order valence-electron chi connectivity index (χ3n) is 1.02. The summed E-state index contributed by atoms with van der Waals surface area (Å²) in [6, 6.07) is 0. The van der Waals surface area contributed by atoms with E-state index in [4.69, 9.17) is 11.5 Å². The second kappa shape index (κ2) is 11.9. The Morgan fingerprint density at radius 2 is 1.85 bits per heavy atom. The van der Waals surface area contributed by atoms with Gasteiger partial charge in [-0.2, -0.15) is 5.48 Å². The predicted molar refractivity (Wildman–Crippen MR) is 45.1 cm³/mol. The third kappa shape index (κ3) is 11.9. The van der Waals surface area contributed by atoms with Gasteiger partial charge < -0.3 is 21.6 Å². The summed E-state index contributed by atoms with van der Waals surface area (Å²) in [6.07, 6.45) is 0. The Morgan fingerprint density at radius 3 is 2.38 bits per heavy atom. The van der Waals surface area contributed by atoms with Gasteiger partial charge in [0.25, 0.3) is 0 Å². The van der Waals surface area contributed by atoms with Crippen LogP contribution in [0.3, 0.4) is 0 Å². The molecular weight excluding hydrogens is 225 g/mol. The number of carbonyl (C=O) groups is 1. The van der Waals surface area contributed by atoms with Gasteiger partial charge in [0.05, 0.1) is 6.54 Å². The molecule has 0 radical (unpaired) electrons. The molecule has 0 aromatic rings. The molecule has 0 aromatic heterocycles. The van der Waals surface area contributed by atoms with E-state index < -0.39 is 0 Å². The zero-order valence-corrected chi connectivity index (χ0v) is 10.7. The van der Waals surface area contributed by atoms with Crippen LogP contribution in [0.15, 0.2) is 0 Å². The van der Waals surface area contributed by atoms with Gasteiger partial charge in [0.15, 0.2) is 0 Å². The van der Waals surface area contributed by atoms with Crippen LogP contribution in [0.5, 0.6) is 0 Å². The summed E-state index contributed by atoms with van der Waals surface area (Å²) in [4.78, 5) is 15.3. The van der Waals surface area contributed by atoms with E-state index in [1.807, 2.05) is 0 Å². The van der Waals surface area contributed by atoms with E-state index in [9.17, 15) is 4.79 Å². The molecule has 0 heterocycles. The van der Waals surface area contributed by atoms with Crippen molar-refractivity contribution >= 4 is 5.97 Å². The van der Waals surface area contributed by atoms with E-state index >= 15 is 0 Å². The van der Waals surface area contributed by atoms with E-state index in [0.717, 1.165) is 0 Å². The molecule has 0 aromatic carbocycles. The van der Waals surface area contributed by atoms with Crippen molar-refractivity contribution in [2.24, 2.45) is 11.5 Å². The van der Waals surface area contributed by atoms with Crippen molar-refractivity contribution in [3.05, 3.63) is 0 Å². The van der Waals surface area contributed by atoms with Gasteiger partial charge in [-0.05, 0) is 0 Å². The van der Waals surface area contributed by atoms with E-state index in [0.29, 0.717) is 26.2 Å². The van der Waals surface area contributed by atoms with Gasteiger partial charge in [-0.25, -0.2) is 4.79 Å². The molecule has 6 N–H and O–H groups in total. The average Bonchev–Trinajstić information content (AvgIpc) is 2.06. The number of nitrogens with one attached hydrogen (secondary N) is 2. The van der Waals surface area contributed by atoms with Crippen molar-refractivity contribution in [1.82, 2.24) is 10.8 Å². The van der Waals surface area contributed by atoms with Gasteiger partial charge in [0, 0.05) is 45.7 Å². The van der Waals surface area contributed by atoms with Gasteiger partial charge >= 0.3 is 5.97 Å². The third-order valence-corrected chi connectivity index (χ3v) is 1.02. The van der Waals surface area contributed by atoms with E-state index in [1.165, 1.54) is 0 Å². The van der Waals surface area contributed by atoms with Crippen molar-refractivity contribution in [1.29, 1.82) is 0 Å². The van der Waals surface area contributed by atoms with E-state index in [1.54, 1.807) is 0 Å². The molecule has 13 heavy (non-hydrogen) atoms. The van der Waals surface area contributed by atoms with Crippen LogP contribution in [0.1, 0.15) is 0 Å². The maximum Gasteiger partial charge on any atom is 0.338 e. The molecule has 74 valence electrons. The zero-order valence-electron chi connectivity index (χ0n) is 7.71. The summed E-state index contributed by atoms with van der Waals surface area (Å²) in [5.41, 5.74) is 12.8. The normalized spacial score (nSPS) is 9.08. The summed E-state index contributed by atoms with van der Waals surface area (Å²) in [7, 11) is 0. The summed E-state index contributed by atoms with van der Waals surface area (Å²) in [5.74, 6) is -0.364. The van der Waals surface area contributed by atoms with Gasteiger partial charge in [-0.15, -0.1) is 0 Å². The monoisotopic (exact) mass is 240 g/mol. The van der Waals surface area contributed by atoms with E-state index in [2.05, 4.69) is 15.6 Å². The van der Waals surface area contributed by atoms with Gasteiger partial charge in [-0.3, -0.25) is 0 Å². The van der Waals surface area contributed by atoms with Crippen molar-refractivity contribution < 1.29 is 29.1 Å². The Labute approximate surface area is 90.5 Å². The quantitative estimate of drug-likeness (QED) is 0.224. The fourth-order valence-corrected chi connectivity index (χ4v) is 0.519. The molecule has 0 spiro atoms. The molecule has 0 saturated heterocycles. The largest absolute Gasteiger partial charge is 0.369 e. The van der Waals surface area contributed by atoms with Crippen LogP contribution in [0.25, 0.3) is 0 Å². The Kier molecular flexibility index (Phi) is 14.1. The second-order valence-electron chi connectivity index (χ2n) is 2.12. The first-order chi connectivity index (χ1) is 5.81. The van der Waals surface area contributed by atoms with Crippen LogP contribution in [0.2, 0.25) is 0 Å². The van der Waals surface area contributed by atoms with Crippen molar-refractivity contribution in [3.8, 4) is 0 Å². The predicted octanol–water partition coefficient (Wildman–Crippen LogP) is -2.46. The first-order valence-corrected chi connectivity index (χ1v) is 3.84. The number of hydrogen-bond donors (Lipinski definition) is 4. The molecule has 6 nitrogen and oxygen atoms in total. The number of nitrogens with two attached hydrogens (primary N) is 2. The van der Waals surface area contributed by atoms with Crippen LogP contribution in [-0.2, 0) is 29.1 Å². The van der Waals surface area contributed by atoms with Crippen molar-refractivity contribution in [2.45, 2.75) is 0 Å². The summed E-state index contributed by atoms with van der Waals surface area (Å²) in [6.45, 7) is 2.16. The molecule has 0 amide bonds. The molecule has 0 saturated carbocycles. The molecule has 0 bridgehead atoms. The minimum Gasteiger partial charge on any atom is -0.369 e. The van der Waals surface area contributed by atoms with Crippen LogP contribution in [-0.4, -0.2) is 38.7 Å². The van der Waals surface area contributed by atoms with Crippen LogP contribution in [0.4, 0.5) is 0 Å². The van der Waals surface area contributed by atoms with Crippen LogP contribution >= 0.6 is 0 Å². The summed E-state index contributed by atoms with van der Waals surface area (Å²) < 4.78 is 0. The minimum atomic E-state index is -0.364. The fourth-order valence-electron chi connectivity index (χ4n) is 0.519. The van der Waals surface area contributed by atoms with Gasteiger partial charge in [0.2, 0.25) is 0 Å². The molecular formula is C6H16N4O2Zn.